The molecule has 1 atom stereocenters. The van der Waals surface area contributed by atoms with Gasteiger partial charge in [-0.2, -0.15) is 8.78 Å². The van der Waals surface area contributed by atoms with Gasteiger partial charge in [0.15, 0.2) is 11.5 Å². The van der Waals surface area contributed by atoms with E-state index in [0.29, 0.717) is 5.02 Å². The summed E-state index contributed by atoms with van der Waals surface area (Å²) in [6, 6.07) is 10.9. The number of rotatable bonds is 6. The van der Waals surface area contributed by atoms with Crippen molar-refractivity contribution in [2.24, 2.45) is 0 Å². The van der Waals surface area contributed by atoms with Crippen LogP contribution >= 0.6 is 11.6 Å². The first kappa shape index (κ1) is 18.0. The fourth-order valence-electron chi connectivity index (χ4n) is 2.14. The fraction of sp³-hybridized carbons (Fsp3) is 0.235. The molecule has 0 aliphatic heterocycles. The van der Waals surface area contributed by atoms with Crippen LogP contribution in [-0.2, 0) is 0 Å². The number of carbonyl (C=O) groups excluding carboxylic acids is 1. The van der Waals surface area contributed by atoms with E-state index in [0.717, 1.165) is 5.56 Å². The highest BCUT2D eigenvalue weighted by Crippen LogP contribution is 2.29. The number of carbonyl (C=O) groups is 1. The normalized spacial score (nSPS) is 11.9. The average Bonchev–Trinajstić information content (AvgIpc) is 2.54. The van der Waals surface area contributed by atoms with Gasteiger partial charge >= 0.3 is 6.61 Å². The summed E-state index contributed by atoms with van der Waals surface area (Å²) >= 11 is 5.94. The van der Waals surface area contributed by atoms with Crippen molar-refractivity contribution in [3.63, 3.8) is 0 Å². The molecule has 2 aromatic rings. The number of nitrogens with one attached hydrogen (secondary N) is 1. The number of amides is 1. The molecule has 0 aliphatic carbocycles. The quantitative estimate of drug-likeness (QED) is 0.833. The molecule has 0 bridgehead atoms. The second kappa shape index (κ2) is 7.97. The summed E-state index contributed by atoms with van der Waals surface area (Å²) in [5.41, 5.74) is 1.11. The molecule has 4 nitrogen and oxygen atoms in total. The number of methoxy groups -OCH3 is 1. The van der Waals surface area contributed by atoms with E-state index in [1.54, 1.807) is 18.2 Å². The second-order valence-electron chi connectivity index (χ2n) is 4.99. The Labute approximate surface area is 143 Å². The Morgan fingerprint density at radius 1 is 1.17 bits per heavy atom. The summed E-state index contributed by atoms with van der Waals surface area (Å²) in [7, 11) is 1.31. The molecule has 128 valence electrons. The maximum Gasteiger partial charge on any atom is 0.387 e. The number of benzene rings is 2. The first-order valence-electron chi connectivity index (χ1n) is 7.10. The van der Waals surface area contributed by atoms with Gasteiger partial charge < -0.3 is 14.8 Å². The van der Waals surface area contributed by atoms with Crippen LogP contribution in [0.3, 0.4) is 0 Å². The van der Waals surface area contributed by atoms with E-state index in [9.17, 15) is 13.6 Å². The van der Waals surface area contributed by atoms with Crippen molar-refractivity contribution in [1.29, 1.82) is 0 Å². The Kier molecular flexibility index (Phi) is 5.98. The minimum atomic E-state index is -2.97. The Balaban J connectivity index is 2.14. The van der Waals surface area contributed by atoms with Gasteiger partial charge in [0.05, 0.1) is 13.2 Å². The van der Waals surface area contributed by atoms with Crippen molar-refractivity contribution in [1.82, 2.24) is 5.32 Å². The molecule has 0 aromatic heterocycles. The number of hydrogen-bond acceptors (Lipinski definition) is 3. The van der Waals surface area contributed by atoms with E-state index in [4.69, 9.17) is 16.3 Å². The van der Waals surface area contributed by atoms with Crippen molar-refractivity contribution < 1.29 is 23.0 Å². The molecule has 0 heterocycles. The zero-order valence-corrected chi connectivity index (χ0v) is 13.8. The van der Waals surface area contributed by atoms with Gasteiger partial charge in [0.1, 0.15) is 0 Å². The summed E-state index contributed by atoms with van der Waals surface area (Å²) in [5, 5.41) is 3.38. The summed E-state index contributed by atoms with van der Waals surface area (Å²) in [6.07, 6.45) is 0. The summed E-state index contributed by atoms with van der Waals surface area (Å²) in [6.45, 7) is -1.16. The molecule has 1 N–H and O–H groups in total. The Morgan fingerprint density at radius 2 is 1.92 bits per heavy atom. The minimum absolute atomic E-state index is 0.0540. The SMILES string of the molecule is COc1cc(C(=O)N[C@@H](C)c2cccc(Cl)c2)ccc1OC(F)F. The molecule has 0 saturated carbocycles. The molecule has 1 amide bonds. The number of ether oxygens (including phenoxy) is 2. The predicted octanol–water partition coefficient (Wildman–Crippen LogP) is 4.44. The van der Waals surface area contributed by atoms with Crippen LogP contribution in [-0.4, -0.2) is 19.6 Å². The summed E-state index contributed by atoms with van der Waals surface area (Å²) in [4.78, 5) is 12.3. The van der Waals surface area contributed by atoms with Gasteiger partial charge in [0.2, 0.25) is 0 Å². The molecular formula is C17H16ClF2NO3. The minimum Gasteiger partial charge on any atom is -0.493 e. The zero-order chi connectivity index (χ0) is 17.7. The van der Waals surface area contributed by atoms with Crippen LogP contribution in [0.4, 0.5) is 8.78 Å². The van der Waals surface area contributed by atoms with Crippen molar-refractivity contribution in [2.45, 2.75) is 19.6 Å². The molecule has 2 aromatic carbocycles. The van der Waals surface area contributed by atoms with Crippen LogP contribution in [0, 0.1) is 0 Å². The van der Waals surface area contributed by atoms with Crippen molar-refractivity contribution in [3.05, 3.63) is 58.6 Å². The van der Waals surface area contributed by atoms with Crippen LogP contribution in [0.2, 0.25) is 5.02 Å². The molecule has 7 heteroatoms. The third-order valence-electron chi connectivity index (χ3n) is 3.34. The topological polar surface area (TPSA) is 47.6 Å². The van der Waals surface area contributed by atoms with E-state index in [1.165, 1.54) is 25.3 Å². The van der Waals surface area contributed by atoms with Crippen LogP contribution < -0.4 is 14.8 Å². The van der Waals surface area contributed by atoms with Crippen LogP contribution in [0.15, 0.2) is 42.5 Å². The summed E-state index contributed by atoms with van der Waals surface area (Å²) < 4.78 is 34.0. The third kappa shape index (κ3) is 4.58. The molecule has 0 fully saturated rings. The maximum atomic E-state index is 12.3. The molecule has 0 radical (unpaired) electrons. The number of halogens is 3. The number of hydrogen-bond donors (Lipinski definition) is 1. The lowest BCUT2D eigenvalue weighted by molar-refractivity contribution is -0.0512. The van der Waals surface area contributed by atoms with Gasteiger partial charge in [-0.3, -0.25) is 4.79 Å². The van der Waals surface area contributed by atoms with Gasteiger partial charge in [-0.15, -0.1) is 0 Å². The zero-order valence-electron chi connectivity index (χ0n) is 13.1. The standard InChI is InChI=1S/C17H16ClF2NO3/c1-10(11-4-3-5-13(18)8-11)21-16(22)12-6-7-14(24-17(19)20)15(9-12)23-2/h3-10,17H,1-2H3,(H,21,22)/t10-/m0/s1. The Bertz CT molecular complexity index is 725. The van der Waals surface area contributed by atoms with E-state index in [1.807, 2.05) is 13.0 Å². The van der Waals surface area contributed by atoms with Crippen LogP contribution in [0.1, 0.15) is 28.9 Å². The first-order valence-corrected chi connectivity index (χ1v) is 7.47. The van der Waals surface area contributed by atoms with Crippen LogP contribution in [0.5, 0.6) is 11.5 Å². The van der Waals surface area contributed by atoms with Crippen molar-refractivity contribution in [3.8, 4) is 11.5 Å². The maximum absolute atomic E-state index is 12.3. The van der Waals surface area contributed by atoms with Gasteiger partial charge in [-0.1, -0.05) is 23.7 Å². The van der Waals surface area contributed by atoms with Crippen molar-refractivity contribution >= 4 is 17.5 Å². The Hall–Kier alpha value is -2.34. The predicted molar refractivity (Wildman–Crippen MR) is 87.0 cm³/mol. The monoisotopic (exact) mass is 355 g/mol. The highest BCUT2D eigenvalue weighted by Gasteiger charge is 2.16. The molecular weight excluding hydrogens is 340 g/mol. The molecule has 0 aliphatic rings. The Morgan fingerprint density at radius 3 is 2.54 bits per heavy atom. The summed E-state index contributed by atoms with van der Waals surface area (Å²) in [5.74, 6) is -0.449. The number of alkyl halides is 2. The second-order valence-corrected chi connectivity index (χ2v) is 5.43. The van der Waals surface area contributed by atoms with Gasteiger partial charge in [-0.05, 0) is 42.8 Å². The lowest BCUT2D eigenvalue weighted by Crippen LogP contribution is -2.26. The van der Waals surface area contributed by atoms with Gasteiger partial charge in [0.25, 0.3) is 5.91 Å². The molecule has 0 saturated heterocycles. The fourth-order valence-corrected chi connectivity index (χ4v) is 2.34. The average molecular weight is 356 g/mol. The van der Waals surface area contributed by atoms with Gasteiger partial charge in [0, 0.05) is 10.6 Å². The highest BCUT2D eigenvalue weighted by molar-refractivity contribution is 6.30. The third-order valence-corrected chi connectivity index (χ3v) is 3.57. The van der Waals surface area contributed by atoms with Crippen molar-refractivity contribution in [2.75, 3.05) is 7.11 Å². The van der Waals surface area contributed by atoms with E-state index < -0.39 is 6.61 Å². The lowest BCUT2D eigenvalue weighted by atomic mass is 10.1. The molecule has 0 unspecified atom stereocenters. The lowest BCUT2D eigenvalue weighted by Gasteiger charge is -2.16. The van der Waals surface area contributed by atoms with E-state index in [2.05, 4.69) is 10.1 Å². The first-order chi connectivity index (χ1) is 11.4. The van der Waals surface area contributed by atoms with E-state index in [-0.39, 0.29) is 29.0 Å². The molecule has 0 spiro atoms. The molecule has 2 rings (SSSR count). The largest absolute Gasteiger partial charge is 0.493 e. The molecule has 24 heavy (non-hydrogen) atoms. The van der Waals surface area contributed by atoms with Gasteiger partial charge in [-0.25, -0.2) is 0 Å². The smallest absolute Gasteiger partial charge is 0.387 e. The highest BCUT2D eigenvalue weighted by atomic mass is 35.5. The van der Waals surface area contributed by atoms with E-state index >= 15 is 0 Å². The van der Waals surface area contributed by atoms with Crippen LogP contribution in [0.25, 0.3) is 0 Å².